The van der Waals surface area contributed by atoms with Gasteiger partial charge in [-0.3, -0.25) is 4.79 Å². The van der Waals surface area contributed by atoms with Gasteiger partial charge < -0.3 is 20.1 Å². The third-order valence-electron chi connectivity index (χ3n) is 12.5. The molecule has 8 atom stereocenters. The van der Waals surface area contributed by atoms with Crippen molar-refractivity contribution in [3.8, 4) is 0 Å². The Labute approximate surface area is 219 Å². The molecule has 0 radical (unpaired) electrons. The minimum absolute atomic E-state index is 0.0355. The van der Waals surface area contributed by atoms with Gasteiger partial charge >= 0.3 is 5.97 Å². The molecule has 0 bridgehead atoms. The predicted octanol–water partition coefficient (Wildman–Crippen LogP) is 5.66. The Balaban J connectivity index is 1.60. The zero-order chi connectivity index (χ0) is 26.6. The fraction of sp³-hybridized carbons (Fsp3) is 0.903. The van der Waals surface area contributed by atoms with E-state index < -0.39 is 5.60 Å². The maximum Gasteiger partial charge on any atom is 0.305 e. The molecule has 0 aromatic rings. The van der Waals surface area contributed by atoms with Gasteiger partial charge in [0.2, 0.25) is 0 Å². The molecule has 0 aromatic carbocycles. The Hall–Kier alpha value is -0.910. The van der Waals surface area contributed by atoms with Crippen LogP contribution in [0.25, 0.3) is 0 Å². The molecule has 3 N–H and O–H groups in total. The largest absolute Gasteiger partial charge is 0.469 e. The Morgan fingerprint density at radius 3 is 2.44 bits per heavy atom. The minimum Gasteiger partial charge on any atom is -0.469 e. The van der Waals surface area contributed by atoms with Gasteiger partial charge in [0, 0.05) is 13.0 Å². The summed E-state index contributed by atoms with van der Waals surface area (Å²) >= 11 is 0. The first kappa shape index (κ1) is 28.1. The lowest BCUT2D eigenvalue weighted by Crippen LogP contribution is -2.56. The van der Waals surface area contributed by atoms with Crippen LogP contribution in [0, 0.1) is 45.3 Å². The fourth-order valence-corrected chi connectivity index (χ4v) is 10.5. The van der Waals surface area contributed by atoms with Gasteiger partial charge in [0.25, 0.3) is 0 Å². The zero-order valence-corrected chi connectivity index (χ0v) is 23.7. The van der Waals surface area contributed by atoms with Crippen molar-refractivity contribution in [1.82, 2.24) is 0 Å². The maximum absolute atomic E-state index is 12.2. The lowest BCUT2D eigenvalue weighted by atomic mass is 9.43. The Kier molecular flexibility index (Phi) is 7.56. The van der Waals surface area contributed by atoms with Crippen molar-refractivity contribution in [3.05, 3.63) is 11.6 Å². The van der Waals surface area contributed by atoms with E-state index in [0.717, 1.165) is 44.1 Å². The first-order chi connectivity index (χ1) is 16.8. The Bertz CT molecular complexity index is 860. The molecule has 0 aliphatic heterocycles. The van der Waals surface area contributed by atoms with Crippen molar-refractivity contribution in [2.75, 3.05) is 20.3 Å². The number of ether oxygens (including phenoxy) is 1. The number of hydrogen-bond acceptors (Lipinski definition) is 5. The SMILES string of the molecule is COC(=O)CC[C@]12C[C@]13CC[C@]1(C)[C@@H]([C@H](CO)CC/C=C(/C)CO)CC[C@@]1(C)[C@@H]3CC[C@H]2C(C)(C)O. The molecule has 1 spiro atoms. The van der Waals surface area contributed by atoms with E-state index in [-0.39, 0.29) is 46.8 Å². The minimum atomic E-state index is -0.743. The predicted molar refractivity (Wildman–Crippen MR) is 142 cm³/mol. The smallest absolute Gasteiger partial charge is 0.305 e. The van der Waals surface area contributed by atoms with E-state index in [2.05, 4.69) is 19.9 Å². The van der Waals surface area contributed by atoms with Gasteiger partial charge in [0.15, 0.2) is 0 Å². The summed E-state index contributed by atoms with van der Waals surface area (Å²) in [7, 11) is 1.48. The molecule has 0 unspecified atom stereocenters. The number of carbonyl (C=O) groups is 1. The van der Waals surface area contributed by atoms with E-state index in [1.165, 1.54) is 32.8 Å². The molecule has 4 aliphatic rings. The van der Waals surface area contributed by atoms with E-state index in [0.29, 0.717) is 24.2 Å². The average Bonchev–Trinajstić information content (AvgIpc) is 3.43. The molecule has 5 heteroatoms. The van der Waals surface area contributed by atoms with Crippen molar-refractivity contribution < 1.29 is 24.9 Å². The quantitative estimate of drug-likeness (QED) is 0.264. The summed E-state index contributed by atoms with van der Waals surface area (Å²) in [4.78, 5) is 12.2. The highest BCUT2D eigenvalue weighted by Gasteiger charge is 2.81. The molecule has 0 amide bonds. The third-order valence-corrected chi connectivity index (χ3v) is 12.5. The number of aliphatic hydroxyl groups excluding tert-OH is 2. The summed E-state index contributed by atoms with van der Waals surface area (Å²) in [5.41, 5.74) is 0.944. The zero-order valence-electron chi connectivity index (χ0n) is 23.7. The van der Waals surface area contributed by atoms with Crippen LogP contribution < -0.4 is 0 Å². The summed E-state index contributed by atoms with van der Waals surface area (Å²) in [5.74, 6) is 1.52. The van der Waals surface area contributed by atoms with Gasteiger partial charge in [-0.25, -0.2) is 0 Å². The Morgan fingerprint density at radius 1 is 1.11 bits per heavy atom. The third kappa shape index (κ3) is 4.11. The maximum atomic E-state index is 12.2. The number of methoxy groups -OCH3 is 1. The summed E-state index contributed by atoms with van der Waals surface area (Å²) in [6.45, 7) is 11.3. The first-order valence-corrected chi connectivity index (χ1v) is 14.5. The van der Waals surface area contributed by atoms with Crippen LogP contribution in [0.1, 0.15) is 105 Å². The number of rotatable bonds is 10. The summed E-state index contributed by atoms with van der Waals surface area (Å²) < 4.78 is 5.03. The van der Waals surface area contributed by atoms with Crippen molar-refractivity contribution >= 4 is 5.97 Å². The van der Waals surface area contributed by atoms with Crippen LogP contribution in [0.3, 0.4) is 0 Å². The molecule has 0 aromatic heterocycles. The topological polar surface area (TPSA) is 87.0 Å². The highest BCUT2D eigenvalue weighted by atomic mass is 16.5. The lowest BCUT2D eigenvalue weighted by Gasteiger charge is -2.61. The molecule has 4 aliphatic carbocycles. The van der Waals surface area contributed by atoms with Crippen LogP contribution in [0.2, 0.25) is 0 Å². The second kappa shape index (κ2) is 9.68. The number of hydrogen-bond donors (Lipinski definition) is 3. The number of aliphatic hydroxyl groups is 3. The van der Waals surface area contributed by atoms with Crippen LogP contribution in [-0.2, 0) is 9.53 Å². The summed E-state index contributed by atoms with van der Waals surface area (Å²) in [6.07, 6.45) is 13.4. The molecule has 4 rings (SSSR count). The standard InChI is InChI=1S/C31H52O5/c1-21(18-32)8-7-9-22(19-33)23-12-14-29(5)25-11-10-24(27(2,3)35)30(15-13-26(34)36-6)20-31(25,30)17-16-28(23,29)4/h8,22-25,32-33,35H,7,9-20H2,1-6H3/b21-8-/t22-,23+,24-,25-,28+,29-,30+,31-/m0/s1. The number of fused-ring (bicyclic) bond motifs is 2. The molecule has 36 heavy (non-hydrogen) atoms. The monoisotopic (exact) mass is 504 g/mol. The molecular weight excluding hydrogens is 452 g/mol. The van der Waals surface area contributed by atoms with Crippen molar-refractivity contribution in [2.45, 2.75) is 111 Å². The van der Waals surface area contributed by atoms with E-state index in [1.807, 2.05) is 20.8 Å². The summed E-state index contributed by atoms with van der Waals surface area (Å²) in [5, 5.41) is 31.0. The highest BCUT2D eigenvalue weighted by Crippen LogP contribution is 2.87. The molecule has 5 nitrogen and oxygen atoms in total. The van der Waals surface area contributed by atoms with E-state index in [9.17, 15) is 20.1 Å². The number of esters is 1. The molecule has 0 saturated heterocycles. The first-order valence-electron chi connectivity index (χ1n) is 14.5. The van der Waals surface area contributed by atoms with Crippen LogP contribution >= 0.6 is 0 Å². The summed E-state index contributed by atoms with van der Waals surface area (Å²) in [6, 6.07) is 0. The number of allylic oxidation sites excluding steroid dienone is 1. The van der Waals surface area contributed by atoms with Crippen molar-refractivity contribution in [1.29, 1.82) is 0 Å². The van der Waals surface area contributed by atoms with Gasteiger partial charge in [-0.05, 0) is 130 Å². The second-order valence-corrected chi connectivity index (χ2v) is 14.1. The molecule has 0 heterocycles. The van der Waals surface area contributed by atoms with Crippen LogP contribution in [0.15, 0.2) is 11.6 Å². The van der Waals surface area contributed by atoms with Crippen molar-refractivity contribution in [3.63, 3.8) is 0 Å². The Morgan fingerprint density at radius 2 is 1.83 bits per heavy atom. The van der Waals surface area contributed by atoms with Crippen LogP contribution in [-0.4, -0.2) is 47.2 Å². The fourth-order valence-electron chi connectivity index (χ4n) is 10.5. The van der Waals surface area contributed by atoms with Gasteiger partial charge in [0.1, 0.15) is 0 Å². The highest BCUT2D eigenvalue weighted by molar-refractivity contribution is 5.69. The number of carbonyl (C=O) groups excluding carboxylic acids is 1. The van der Waals surface area contributed by atoms with Gasteiger partial charge in [0.05, 0.1) is 19.3 Å². The molecular formula is C31H52O5. The van der Waals surface area contributed by atoms with E-state index in [1.54, 1.807) is 0 Å². The van der Waals surface area contributed by atoms with Crippen LogP contribution in [0.4, 0.5) is 0 Å². The average molecular weight is 505 g/mol. The van der Waals surface area contributed by atoms with Gasteiger partial charge in [-0.1, -0.05) is 25.5 Å². The molecule has 4 saturated carbocycles. The lowest BCUT2D eigenvalue weighted by molar-refractivity contribution is -0.153. The second-order valence-electron chi connectivity index (χ2n) is 14.1. The van der Waals surface area contributed by atoms with Gasteiger partial charge in [-0.15, -0.1) is 0 Å². The van der Waals surface area contributed by atoms with E-state index in [4.69, 9.17) is 4.74 Å². The van der Waals surface area contributed by atoms with E-state index >= 15 is 0 Å². The van der Waals surface area contributed by atoms with Crippen LogP contribution in [0.5, 0.6) is 0 Å². The molecule has 206 valence electrons. The molecule has 4 fully saturated rings. The van der Waals surface area contributed by atoms with Gasteiger partial charge in [-0.2, -0.15) is 0 Å². The normalized spacial score (nSPS) is 42.8. The van der Waals surface area contributed by atoms with Crippen molar-refractivity contribution in [2.24, 2.45) is 45.3 Å².